The second kappa shape index (κ2) is 4.86. The number of benzene rings is 2. The van der Waals surface area contributed by atoms with E-state index in [1.165, 1.54) is 0 Å². The summed E-state index contributed by atoms with van der Waals surface area (Å²) >= 11 is 11.9. The van der Waals surface area contributed by atoms with E-state index in [1.54, 1.807) is 12.1 Å². The Morgan fingerprint density at radius 2 is 1.82 bits per heavy atom. The van der Waals surface area contributed by atoms with E-state index >= 15 is 0 Å². The second-order valence-corrected chi connectivity index (χ2v) is 4.63. The van der Waals surface area contributed by atoms with Crippen LogP contribution in [0.3, 0.4) is 0 Å². The van der Waals surface area contributed by atoms with Crippen molar-refractivity contribution < 1.29 is 0 Å². The van der Waals surface area contributed by atoms with Gasteiger partial charge < -0.3 is 11.1 Å². The van der Waals surface area contributed by atoms with Crippen LogP contribution in [0, 0.1) is 6.92 Å². The van der Waals surface area contributed by atoms with Crippen LogP contribution in [0.5, 0.6) is 0 Å². The van der Waals surface area contributed by atoms with Crippen molar-refractivity contribution in [1.29, 1.82) is 0 Å². The summed E-state index contributed by atoms with van der Waals surface area (Å²) in [5, 5.41) is 4.37. The van der Waals surface area contributed by atoms with Gasteiger partial charge in [0.1, 0.15) is 0 Å². The number of halogens is 2. The molecule has 0 saturated carbocycles. The van der Waals surface area contributed by atoms with Crippen molar-refractivity contribution in [2.75, 3.05) is 11.1 Å². The van der Waals surface area contributed by atoms with Gasteiger partial charge in [-0.2, -0.15) is 0 Å². The molecule has 0 fully saturated rings. The standard InChI is InChI=1S/C13H12Cl2N2/c1-8-3-2-4-12(13(8)16)17-11-6-5-9(14)7-10(11)15/h2-7,17H,16H2,1H3. The molecule has 0 aliphatic carbocycles. The molecule has 0 atom stereocenters. The summed E-state index contributed by atoms with van der Waals surface area (Å²) in [6.45, 7) is 1.96. The highest BCUT2D eigenvalue weighted by atomic mass is 35.5. The summed E-state index contributed by atoms with van der Waals surface area (Å²) in [4.78, 5) is 0. The maximum absolute atomic E-state index is 6.08. The lowest BCUT2D eigenvalue weighted by Crippen LogP contribution is -1.98. The molecule has 0 aliphatic heterocycles. The molecule has 0 saturated heterocycles. The van der Waals surface area contributed by atoms with Crippen LogP contribution in [0.1, 0.15) is 5.56 Å². The SMILES string of the molecule is Cc1cccc(Nc2ccc(Cl)cc2Cl)c1N. The predicted octanol–water partition coefficient (Wildman–Crippen LogP) is 4.63. The van der Waals surface area contributed by atoms with Crippen LogP contribution in [0.2, 0.25) is 10.0 Å². The number of nitrogen functional groups attached to an aromatic ring is 1. The Morgan fingerprint density at radius 3 is 2.53 bits per heavy atom. The minimum absolute atomic E-state index is 0.568. The summed E-state index contributed by atoms with van der Waals surface area (Å²) in [6, 6.07) is 11.1. The predicted molar refractivity (Wildman–Crippen MR) is 75.3 cm³/mol. The number of hydrogen-bond donors (Lipinski definition) is 2. The molecule has 2 rings (SSSR count). The van der Waals surface area contributed by atoms with Gasteiger partial charge >= 0.3 is 0 Å². The lowest BCUT2D eigenvalue weighted by molar-refractivity contribution is 1.45. The largest absolute Gasteiger partial charge is 0.397 e. The van der Waals surface area contributed by atoms with E-state index in [0.29, 0.717) is 10.0 Å². The van der Waals surface area contributed by atoms with Crippen molar-refractivity contribution in [3.63, 3.8) is 0 Å². The van der Waals surface area contributed by atoms with Gasteiger partial charge in [0.25, 0.3) is 0 Å². The zero-order valence-electron chi connectivity index (χ0n) is 9.30. The van der Waals surface area contributed by atoms with Gasteiger partial charge in [-0.1, -0.05) is 35.3 Å². The quantitative estimate of drug-likeness (QED) is 0.778. The number of nitrogens with two attached hydrogens (primary N) is 1. The number of anilines is 3. The molecule has 3 N–H and O–H groups in total. The maximum atomic E-state index is 6.08. The summed E-state index contributed by atoms with van der Waals surface area (Å²) in [7, 11) is 0. The first kappa shape index (κ1) is 12.1. The van der Waals surface area contributed by atoms with Crippen LogP contribution >= 0.6 is 23.2 Å². The maximum Gasteiger partial charge on any atom is 0.0655 e. The first-order chi connectivity index (χ1) is 8.08. The fraction of sp³-hybridized carbons (Fsp3) is 0.0769. The summed E-state index contributed by atoms with van der Waals surface area (Å²) in [5.41, 5.74) is 9.35. The molecule has 2 nitrogen and oxygen atoms in total. The Hall–Kier alpha value is -1.38. The number of nitrogens with one attached hydrogen (secondary N) is 1. The van der Waals surface area contributed by atoms with E-state index in [-0.39, 0.29) is 0 Å². The van der Waals surface area contributed by atoms with Gasteiger partial charge in [-0.3, -0.25) is 0 Å². The summed E-state index contributed by atoms with van der Waals surface area (Å²) < 4.78 is 0. The lowest BCUT2D eigenvalue weighted by Gasteiger charge is -2.12. The van der Waals surface area contributed by atoms with Crippen molar-refractivity contribution in [2.24, 2.45) is 0 Å². The molecule has 0 bridgehead atoms. The Balaban J connectivity index is 2.35. The molecule has 0 spiro atoms. The molecule has 2 aromatic carbocycles. The third-order valence-electron chi connectivity index (χ3n) is 2.52. The number of para-hydroxylation sites is 1. The third kappa shape index (κ3) is 2.65. The Bertz CT molecular complexity index is 553. The minimum atomic E-state index is 0.568. The fourth-order valence-corrected chi connectivity index (χ4v) is 1.98. The van der Waals surface area contributed by atoms with Crippen molar-refractivity contribution >= 4 is 40.3 Å². The topological polar surface area (TPSA) is 38.0 Å². The molecular formula is C13H12Cl2N2. The van der Waals surface area contributed by atoms with Crippen molar-refractivity contribution in [2.45, 2.75) is 6.92 Å². The number of aryl methyl sites for hydroxylation is 1. The molecule has 88 valence electrons. The normalized spacial score (nSPS) is 10.3. The Kier molecular flexibility index (Phi) is 3.46. The zero-order chi connectivity index (χ0) is 12.4. The van der Waals surface area contributed by atoms with Crippen molar-refractivity contribution in [3.8, 4) is 0 Å². The van der Waals surface area contributed by atoms with E-state index in [2.05, 4.69) is 5.32 Å². The van der Waals surface area contributed by atoms with Crippen LogP contribution in [-0.4, -0.2) is 0 Å². The van der Waals surface area contributed by atoms with Gasteiger partial charge in [-0.25, -0.2) is 0 Å². The van der Waals surface area contributed by atoms with E-state index in [4.69, 9.17) is 28.9 Å². The van der Waals surface area contributed by atoms with Crippen LogP contribution in [0.25, 0.3) is 0 Å². The highest BCUT2D eigenvalue weighted by Crippen LogP contribution is 2.31. The third-order valence-corrected chi connectivity index (χ3v) is 3.07. The number of hydrogen-bond acceptors (Lipinski definition) is 2. The van der Waals surface area contributed by atoms with E-state index in [9.17, 15) is 0 Å². The van der Waals surface area contributed by atoms with Crippen LogP contribution in [0.4, 0.5) is 17.1 Å². The first-order valence-corrected chi connectivity index (χ1v) is 5.90. The molecule has 0 heterocycles. The molecule has 17 heavy (non-hydrogen) atoms. The summed E-state index contributed by atoms with van der Waals surface area (Å²) in [5.74, 6) is 0. The average Bonchev–Trinajstić information content (AvgIpc) is 2.28. The summed E-state index contributed by atoms with van der Waals surface area (Å²) in [6.07, 6.45) is 0. The van der Waals surface area contributed by atoms with Gasteiger partial charge in [0.05, 0.1) is 22.1 Å². The molecule has 0 amide bonds. The van der Waals surface area contributed by atoms with Gasteiger partial charge in [0.2, 0.25) is 0 Å². The van der Waals surface area contributed by atoms with Crippen LogP contribution < -0.4 is 11.1 Å². The highest BCUT2D eigenvalue weighted by Gasteiger charge is 2.05. The van der Waals surface area contributed by atoms with Crippen molar-refractivity contribution in [3.05, 3.63) is 52.0 Å². The Morgan fingerprint density at radius 1 is 1.06 bits per heavy atom. The van der Waals surface area contributed by atoms with Crippen LogP contribution in [0.15, 0.2) is 36.4 Å². The van der Waals surface area contributed by atoms with Gasteiger partial charge in [-0.05, 0) is 36.8 Å². The molecular weight excluding hydrogens is 255 g/mol. The lowest BCUT2D eigenvalue weighted by atomic mass is 10.1. The first-order valence-electron chi connectivity index (χ1n) is 5.15. The molecule has 0 aliphatic rings. The average molecular weight is 267 g/mol. The Labute approximate surface area is 110 Å². The van der Waals surface area contributed by atoms with E-state index in [0.717, 1.165) is 22.6 Å². The zero-order valence-corrected chi connectivity index (χ0v) is 10.8. The van der Waals surface area contributed by atoms with Gasteiger partial charge in [-0.15, -0.1) is 0 Å². The van der Waals surface area contributed by atoms with Crippen molar-refractivity contribution in [1.82, 2.24) is 0 Å². The molecule has 4 heteroatoms. The van der Waals surface area contributed by atoms with Gasteiger partial charge in [0.15, 0.2) is 0 Å². The minimum Gasteiger partial charge on any atom is -0.397 e. The molecule has 0 radical (unpaired) electrons. The fourth-order valence-electron chi connectivity index (χ4n) is 1.53. The monoisotopic (exact) mass is 266 g/mol. The van der Waals surface area contributed by atoms with E-state index < -0.39 is 0 Å². The number of rotatable bonds is 2. The molecule has 0 aromatic heterocycles. The smallest absolute Gasteiger partial charge is 0.0655 e. The van der Waals surface area contributed by atoms with E-state index in [1.807, 2.05) is 31.2 Å². The molecule has 2 aromatic rings. The van der Waals surface area contributed by atoms with Gasteiger partial charge in [0, 0.05) is 5.02 Å². The van der Waals surface area contributed by atoms with Crippen LogP contribution in [-0.2, 0) is 0 Å². The highest BCUT2D eigenvalue weighted by molar-refractivity contribution is 6.36. The molecule has 0 unspecified atom stereocenters. The second-order valence-electron chi connectivity index (χ2n) is 3.79.